The lowest BCUT2D eigenvalue weighted by Gasteiger charge is -2.07. The molecule has 0 aromatic heterocycles. The van der Waals surface area contributed by atoms with Crippen LogP contribution in [0.2, 0.25) is 0 Å². The van der Waals surface area contributed by atoms with Gasteiger partial charge in [0, 0.05) is 8.04 Å². The van der Waals surface area contributed by atoms with E-state index in [2.05, 4.69) is 54.2 Å². The third-order valence-corrected chi connectivity index (χ3v) is 5.22. The van der Waals surface area contributed by atoms with E-state index in [1.54, 1.807) is 54.6 Å². The fourth-order valence-electron chi connectivity index (χ4n) is 2.17. The van der Waals surface area contributed by atoms with Crippen molar-refractivity contribution in [2.24, 2.45) is 10.2 Å². The predicted molar refractivity (Wildman–Crippen MR) is 118 cm³/mol. The van der Waals surface area contributed by atoms with Gasteiger partial charge in [-0.1, -0.05) is 24.3 Å². The monoisotopic (exact) mass is 549 g/mol. The summed E-state index contributed by atoms with van der Waals surface area (Å²) in [5.41, 5.74) is 4.56. The summed E-state index contributed by atoms with van der Waals surface area (Å²) >= 11 is 5.38. The number of amides is 1. The number of hydrogen-bond acceptors (Lipinski definition) is 5. The van der Waals surface area contributed by atoms with Crippen LogP contribution in [0.4, 0.5) is 11.4 Å². The van der Waals surface area contributed by atoms with Gasteiger partial charge in [0.25, 0.3) is 5.91 Å². The molecular weight excluding hydrogens is 537 g/mol. The van der Waals surface area contributed by atoms with Crippen LogP contribution in [0.15, 0.2) is 87.5 Å². The Morgan fingerprint density at radius 1 is 0.893 bits per heavy atom. The zero-order chi connectivity index (χ0) is 19.9. The Morgan fingerprint density at radius 3 is 2.21 bits per heavy atom. The Balaban J connectivity index is 1.59. The van der Waals surface area contributed by atoms with Crippen molar-refractivity contribution in [1.82, 2.24) is 0 Å². The normalized spacial score (nSPS) is 10.6. The summed E-state index contributed by atoms with van der Waals surface area (Å²) in [5, 5.41) is 7.70. The number of halogens is 2. The number of hydrogen-bond donors (Lipinski definition) is 1. The highest BCUT2D eigenvalue weighted by molar-refractivity contribution is 14.1. The molecule has 0 saturated carbocycles. The first-order valence-electron chi connectivity index (χ1n) is 8.07. The standard InChI is InChI=1S/C20H13BrIN3O3/c21-17-7-3-1-5-15(17)20(27)28-25-14-11-9-13(10-12-14)23-24-19(26)16-6-2-4-8-18(16)22/h1-12,25H. The maximum atomic E-state index is 12.1. The Morgan fingerprint density at radius 2 is 1.54 bits per heavy atom. The van der Waals surface area contributed by atoms with E-state index in [1.165, 1.54) is 0 Å². The molecule has 0 unspecified atom stereocenters. The van der Waals surface area contributed by atoms with Gasteiger partial charge in [0.15, 0.2) is 0 Å². The van der Waals surface area contributed by atoms with Crippen LogP contribution in [-0.4, -0.2) is 11.9 Å². The first kappa shape index (κ1) is 20.2. The number of nitrogens with one attached hydrogen (secondary N) is 1. The number of nitrogens with zero attached hydrogens (tertiary/aromatic N) is 2. The van der Waals surface area contributed by atoms with Crippen LogP contribution in [0.3, 0.4) is 0 Å². The molecule has 1 amide bonds. The van der Waals surface area contributed by atoms with Gasteiger partial charge in [-0.25, -0.2) is 10.3 Å². The van der Waals surface area contributed by atoms with E-state index in [4.69, 9.17) is 4.84 Å². The zero-order valence-corrected chi connectivity index (χ0v) is 18.0. The highest BCUT2D eigenvalue weighted by Gasteiger charge is 2.11. The van der Waals surface area contributed by atoms with Gasteiger partial charge in [0.05, 0.1) is 22.5 Å². The average Bonchev–Trinajstić information content (AvgIpc) is 2.71. The molecule has 0 heterocycles. The molecule has 1 N–H and O–H groups in total. The van der Waals surface area contributed by atoms with E-state index < -0.39 is 11.9 Å². The van der Waals surface area contributed by atoms with Gasteiger partial charge >= 0.3 is 5.97 Å². The van der Waals surface area contributed by atoms with Gasteiger partial charge < -0.3 is 4.84 Å². The van der Waals surface area contributed by atoms with Crippen molar-refractivity contribution in [2.45, 2.75) is 0 Å². The van der Waals surface area contributed by atoms with Crippen molar-refractivity contribution in [3.8, 4) is 0 Å². The molecule has 0 saturated heterocycles. The first-order valence-corrected chi connectivity index (χ1v) is 9.94. The van der Waals surface area contributed by atoms with Crippen molar-refractivity contribution < 1.29 is 14.4 Å². The second-order valence-corrected chi connectivity index (χ2v) is 7.52. The quantitative estimate of drug-likeness (QED) is 0.235. The smallest absolute Gasteiger partial charge is 0.338 e. The zero-order valence-electron chi connectivity index (χ0n) is 14.3. The highest BCUT2D eigenvalue weighted by Crippen LogP contribution is 2.20. The minimum Gasteiger partial charge on any atom is -0.338 e. The van der Waals surface area contributed by atoms with Crippen LogP contribution < -0.4 is 5.48 Å². The molecule has 28 heavy (non-hydrogen) atoms. The minimum atomic E-state index is -0.515. The lowest BCUT2D eigenvalue weighted by molar-refractivity contribution is 0.0595. The fraction of sp³-hybridized carbons (Fsp3) is 0. The highest BCUT2D eigenvalue weighted by atomic mass is 127. The van der Waals surface area contributed by atoms with Gasteiger partial charge in [-0.05, 0) is 87.1 Å². The Labute approximate surface area is 183 Å². The summed E-state index contributed by atoms with van der Waals surface area (Å²) in [4.78, 5) is 29.2. The fourth-order valence-corrected chi connectivity index (χ4v) is 3.24. The van der Waals surface area contributed by atoms with Gasteiger partial charge in [-0.2, -0.15) is 0 Å². The van der Waals surface area contributed by atoms with Crippen molar-refractivity contribution in [1.29, 1.82) is 0 Å². The molecule has 0 aliphatic rings. The first-order chi connectivity index (χ1) is 13.5. The van der Waals surface area contributed by atoms with E-state index in [0.29, 0.717) is 27.0 Å². The Hall–Kier alpha value is -2.59. The molecule has 0 aliphatic carbocycles. The molecule has 0 atom stereocenters. The largest absolute Gasteiger partial charge is 0.363 e. The topological polar surface area (TPSA) is 80.1 Å². The molecule has 0 aliphatic heterocycles. The Bertz CT molecular complexity index is 1040. The lowest BCUT2D eigenvalue weighted by Crippen LogP contribution is -2.11. The molecule has 0 radical (unpaired) electrons. The van der Waals surface area contributed by atoms with Gasteiger partial charge in [0.2, 0.25) is 0 Å². The third-order valence-electron chi connectivity index (χ3n) is 3.58. The summed E-state index contributed by atoms with van der Waals surface area (Å²) in [6, 6.07) is 20.8. The predicted octanol–water partition coefficient (Wildman–Crippen LogP) is 6.16. The maximum absolute atomic E-state index is 12.1. The van der Waals surface area contributed by atoms with Crippen molar-refractivity contribution in [2.75, 3.05) is 5.48 Å². The number of azo groups is 1. The lowest BCUT2D eigenvalue weighted by atomic mass is 10.2. The number of anilines is 1. The maximum Gasteiger partial charge on any atom is 0.363 e. The van der Waals surface area contributed by atoms with Crippen LogP contribution in [0, 0.1) is 3.57 Å². The summed E-state index contributed by atoms with van der Waals surface area (Å²) in [6.07, 6.45) is 0. The molecule has 8 heteroatoms. The number of carbonyl (C=O) groups excluding carboxylic acids is 2. The summed E-state index contributed by atoms with van der Waals surface area (Å²) in [6.45, 7) is 0. The van der Waals surface area contributed by atoms with Crippen LogP contribution in [0.25, 0.3) is 0 Å². The van der Waals surface area contributed by atoms with Crippen molar-refractivity contribution in [3.63, 3.8) is 0 Å². The average molecular weight is 550 g/mol. The van der Waals surface area contributed by atoms with Gasteiger partial charge in [-0.3, -0.25) is 4.79 Å². The molecule has 3 aromatic carbocycles. The molecule has 140 valence electrons. The van der Waals surface area contributed by atoms with Crippen molar-refractivity contribution >= 4 is 61.8 Å². The number of benzene rings is 3. The molecule has 0 bridgehead atoms. The van der Waals surface area contributed by atoms with Crippen LogP contribution in [-0.2, 0) is 4.84 Å². The summed E-state index contributed by atoms with van der Waals surface area (Å²) < 4.78 is 1.46. The molecular formula is C20H13BrIN3O3. The third kappa shape index (κ3) is 5.23. The second kappa shape index (κ2) is 9.56. The van der Waals surface area contributed by atoms with E-state index in [1.807, 2.05) is 18.2 Å². The SMILES string of the molecule is O=C(ONc1ccc(N=NC(=O)c2ccccc2I)cc1)c1ccccc1Br. The minimum absolute atomic E-state index is 0.408. The molecule has 3 rings (SSSR count). The van der Waals surface area contributed by atoms with E-state index in [9.17, 15) is 9.59 Å². The van der Waals surface area contributed by atoms with Crippen LogP contribution in [0.1, 0.15) is 20.7 Å². The van der Waals surface area contributed by atoms with E-state index in [-0.39, 0.29) is 0 Å². The van der Waals surface area contributed by atoms with Gasteiger partial charge in [0.1, 0.15) is 0 Å². The van der Waals surface area contributed by atoms with E-state index >= 15 is 0 Å². The second-order valence-electron chi connectivity index (χ2n) is 5.50. The summed E-state index contributed by atoms with van der Waals surface area (Å²) in [7, 11) is 0. The van der Waals surface area contributed by atoms with E-state index in [0.717, 1.165) is 3.57 Å². The number of carbonyl (C=O) groups is 2. The van der Waals surface area contributed by atoms with Crippen LogP contribution in [0.5, 0.6) is 0 Å². The molecule has 0 fully saturated rings. The Kier molecular flexibility index (Phi) is 6.88. The summed E-state index contributed by atoms with van der Waals surface area (Å²) in [5.74, 6) is -0.922. The molecule has 0 spiro atoms. The molecule has 6 nitrogen and oxygen atoms in total. The molecule has 3 aromatic rings. The number of rotatable bonds is 5. The van der Waals surface area contributed by atoms with Crippen molar-refractivity contribution in [3.05, 3.63) is 92.0 Å². The van der Waals surface area contributed by atoms with Crippen LogP contribution >= 0.6 is 38.5 Å². The van der Waals surface area contributed by atoms with Gasteiger partial charge in [-0.15, -0.1) is 10.2 Å².